The van der Waals surface area contributed by atoms with Crippen LogP contribution in [0.3, 0.4) is 0 Å². The highest BCUT2D eigenvalue weighted by Crippen LogP contribution is 2.12. The number of benzene rings is 1. The Morgan fingerprint density at radius 1 is 1.08 bits per heavy atom. The maximum Gasteiger partial charge on any atom is 0.321 e. The Hall–Kier alpha value is -2.41. The fraction of sp³-hybridized carbons (Fsp3) is 0.500. The molecule has 1 aliphatic rings. The number of carbonyl (C=O) groups excluding carboxylic acids is 3. The second kappa shape index (κ2) is 8.62. The molecule has 1 atom stereocenters. The molecule has 1 fully saturated rings. The molecule has 2 N–H and O–H groups in total. The van der Waals surface area contributed by atoms with E-state index in [-0.39, 0.29) is 11.8 Å². The molecule has 0 unspecified atom stereocenters. The molecule has 2 rings (SSSR count). The molecule has 0 radical (unpaired) electrons. The topological polar surface area (TPSA) is 81.8 Å². The lowest BCUT2D eigenvalue weighted by molar-refractivity contribution is -0.125. The minimum atomic E-state index is -0.513. The van der Waals surface area contributed by atoms with Gasteiger partial charge in [-0.1, -0.05) is 19.1 Å². The van der Waals surface area contributed by atoms with Crippen molar-refractivity contribution in [3.63, 3.8) is 0 Å². The molecule has 1 heterocycles. The van der Waals surface area contributed by atoms with Crippen LogP contribution in [0.1, 0.15) is 29.8 Å². The van der Waals surface area contributed by atoms with E-state index in [1.807, 2.05) is 29.2 Å². The Bertz CT molecular complexity index is 622. The van der Waals surface area contributed by atoms with Gasteiger partial charge in [0.15, 0.2) is 0 Å². The maximum absolute atomic E-state index is 12.6. The van der Waals surface area contributed by atoms with E-state index < -0.39 is 12.1 Å². The van der Waals surface area contributed by atoms with Crippen LogP contribution < -0.4 is 10.6 Å². The molecule has 0 spiro atoms. The lowest BCUT2D eigenvalue weighted by atomic mass is 10.1. The van der Waals surface area contributed by atoms with E-state index in [0.717, 1.165) is 6.42 Å². The largest absolute Gasteiger partial charge is 0.341 e. The van der Waals surface area contributed by atoms with Gasteiger partial charge in [0.25, 0.3) is 5.91 Å². The molecule has 0 aromatic heterocycles. The average molecular weight is 346 g/mol. The van der Waals surface area contributed by atoms with E-state index in [0.29, 0.717) is 31.7 Å². The zero-order chi connectivity index (χ0) is 18.4. The number of nitrogens with one attached hydrogen (secondary N) is 2. The van der Waals surface area contributed by atoms with Gasteiger partial charge < -0.3 is 10.2 Å². The van der Waals surface area contributed by atoms with Gasteiger partial charge in [-0.2, -0.15) is 0 Å². The minimum absolute atomic E-state index is 0.0183. The van der Waals surface area contributed by atoms with Gasteiger partial charge in [0.2, 0.25) is 5.91 Å². The molecular formula is C18H26N4O3. The third-order valence-corrected chi connectivity index (χ3v) is 4.60. The SMILES string of the molecule is CCc1ccc(C(=O)N2CCN([C@@H](C)C(=O)NC(=O)NC)CC2)cc1. The van der Waals surface area contributed by atoms with Crippen molar-refractivity contribution in [3.8, 4) is 0 Å². The second-order valence-corrected chi connectivity index (χ2v) is 6.12. The summed E-state index contributed by atoms with van der Waals surface area (Å²) in [5, 5.41) is 4.65. The van der Waals surface area contributed by atoms with Gasteiger partial charge in [0, 0.05) is 38.8 Å². The summed E-state index contributed by atoms with van der Waals surface area (Å²) >= 11 is 0. The fourth-order valence-electron chi connectivity index (χ4n) is 2.82. The zero-order valence-electron chi connectivity index (χ0n) is 15.0. The van der Waals surface area contributed by atoms with E-state index in [4.69, 9.17) is 0 Å². The molecule has 0 aliphatic carbocycles. The lowest BCUT2D eigenvalue weighted by Crippen LogP contribution is -2.56. The van der Waals surface area contributed by atoms with Crippen molar-refractivity contribution in [1.29, 1.82) is 0 Å². The summed E-state index contributed by atoms with van der Waals surface area (Å²) in [5.41, 5.74) is 1.90. The van der Waals surface area contributed by atoms with Gasteiger partial charge in [-0.3, -0.25) is 19.8 Å². The molecule has 25 heavy (non-hydrogen) atoms. The van der Waals surface area contributed by atoms with Crippen LogP contribution in [0.15, 0.2) is 24.3 Å². The summed E-state index contributed by atoms with van der Waals surface area (Å²) in [5.74, 6) is -0.320. The van der Waals surface area contributed by atoms with Crippen molar-refractivity contribution in [2.24, 2.45) is 0 Å². The first-order chi connectivity index (χ1) is 12.0. The van der Waals surface area contributed by atoms with Crippen LogP contribution in [0.2, 0.25) is 0 Å². The molecular weight excluding hydrogens is 320 g/mol. The lowest BCUT2D eigenvalue weighted by Gasteiger charge is -2.37. The van der Waals surface area contributed by atoms with Crippen molar-refractivity contribution in [2.75, 3.05) is 33.2 Å². The Morgan fingerprint density at radius 2 is 1.68 bits per heavy atom. The third-order valence-electron chi connectivity index (χ3n) is 4.60. The quantitative estimate of drug-likeness (QED) is 0.847. The number of aryl methyl sites for hydroxylation is 1. The van der Waals surface area contributed by atoms with Crippen LogP contribution in [0, 0.1) is 0 Å². The van der Waals surface area contributed by atoms with E-state index >= 15 is 0 Å². The van der Waals surface area contributed by atoms with Crippen LogP contribution >= 0.6 is 0 Å². The highest BCUT2D eigenvalue weighted by atomic mass is 16.2. The number of hydrogen-bond acceptors (Lipinski definition) is 4. The van der Waals surface area contributed by atoms with Crippen LogP contribution in [0.25, 0.3) is 0 Å². The van der Waals surface area contributed by atoms with E-state index in [2.05, 4.69) is 17.6 Å². The number of imide groups is 1. The average Bonchev–Trinajstić information content (AvgIpc) is 2.66. The Labute approximate surface area is 148 Å². The number of hydrogen-bond donors (Lipinski definition) is 2. The molecule has 0 saturated carbocycles. The second-order valence-electron chi connectivity index (χ2n) is 6.12. The third kappa shape index (κ3) is 4.79. The summed E-state index contributed by atoms with van der Waals surface area (Å²) in [4.78, 5) is 39.6. The Morgan fingerprint density at radius 3 is 2.20 bits per heavy atom. The fourth-order valence-corrected chi connectivity index (χ4v) is 2.82. The molecule has 1 saturated heterocycles. The minimum Gasteiger partial charge on any atom is -0.341 e. The first kappa shape index (κ1) is 18.9. The highest BCUT2D eigenvalue weighted by molar-refractivity contribution is 5.97. The van der Waals surface area contributed by atoms with Crippen molar-refractivity contribution >= 4 is 17.8 Å². The highest BCUT2D eigenvalue weighted by Gasteiger charge is 2.28. The van der Waals surface area contributed by atoms with Crippen molar-refractivity contribution in [1.82, 2.24) is 20.4 Å². The molecule has 7 nitrogen and oxygen atoms in total. The summed E-state index contributed by atoms with van der Waals surface area (Å²) in [6, 6.07) is 6.77. The van der Waals surface area contributed by atoms with E-state index in [9.17, 15) is 14.4 Å². The van der Waals surface area contributed by atoms with Crippen LogP contribution in [-0.4, -0.2) is 66.9 Å². The molecule has 1 aromatic carbocycles. The standard InChI is InChI=1S/C18H26N4O3/c1-4-14-5-7-15(8-6-14)17(24)22-11-9-21(10-12-22)13(2)16(23)20-18(25)19-3/h5-8,13H,4,9-12H2,1-3H3,(H2,19,20,23,25)/t13-/m0/s1. The molecule has 7 heteroatoms. The first-order valence-electron chi connectivity index (χ1n) is 8.61. The zero-order valence-corrected chi connectivity index (χ0v) is 15.0. The summed E-state index contributed by atoms with van der Waals surface area (Å²) < 4.78 is 0. The van der Waals surface area contributed by atoms with Crippen molar-refractivity contribution in [3.05, 3.63) is 35.4 Å². The summed E-state index contributed by atoms with van der Waals surface area (Å²) in [7, 11) is 1.46. The monoisotopic (exact) mass is 346 g/mol. The van der Waals surface area contributed by atoms with Crippen LogP contribution in [0.4, 0.5) is 4.79 Å². The predicted octanol–water partition coefficient (Wildman–Crippen LogP) is 0.851. The maximum atomic E-state index is 12.6. The molecule has 4 amide bonds. The molecule has 0 bridgehead atoms. The van der Waals surface area contributed by atoms with Gasteiger partial charge >= 0.3 is 6.03 Å². The van der Waals surface area contributed by atoms with E-state index in [1.54, 1.807) is 11.8 Å². The molecule has 1 aromatic rings. The summed E-state index contributed by atoms with van der Waals surface area (Å²) in [6.45, 7) is 6.16. The van der Waals surface area contributed by atoms with E-state index in [1.165, 1.54) is 12.6 Å². The Balaban J connectivity index is 1.88. The number of amides is 4. The first-order valence-corrected chi connectivity index (χ1v) is 8.61. The molecule has 1 aliphatic heterocycles. The van der Waals surface area contributed by atoms with Gasteiger partial charge in [-0.05, 0) is 31.0 Å². The van der Waals surface area contributed by atoms with Gasteiger partial charge in [0.1, 0.15) is 0 Å². The van der Waals surface area contributed by atoms with Gasteiger partial charge in [0.05, 0.1) is 6.04 Å². The number of rotatable bonds is 4. The number of urea groups is 1. The van der Waals surface area contributed by atoms with Gasteiger partial charge in [-0.15, -0.1) is 0 Å². The Kier molecular flexibility index (Phi) is 6.52. The van der Waals surface area contributed by atoms with Gasteiger partial charge in [-0.25, -0.2) is 4.79 Å². The number of carbonyl (C=O) groups is 3. The molecule has 136 valence electrons. The van der Waals surface area contributed by atoms with Crippen molar-refractivity contribution in [2.45, 2.75) is 26.3 Å². The van der Waals surface area contributed by atoms with Crippen LogP contribution in [0.5, 0.6) is 0 Å². The smallest absolute Gasteiger partial charge is 0.321 e. The van der Waals surface area contributed by atoms with Crippen molar-refractivity contribution < 1.29 is 14.4 Å². The number of piperazine rings is 1. The normalized spacial score (nSPS) is 16.2. The number of nitrogens with zero attached hydrogens (tertiary/aromatic N) is 2. The summed E-state index contributed by atoms with van der Waals surface area (Å²) in [6.07, 6.45) is 0.948. The predicted molar refractivity (Wildman–Crippen MR) is 95.4 cm³/mol. The van der Waals surface area contributed by atoms with Crippen LogP contribution in [-0.2, 0) is 11.2 Å².